The number of carbonyl (C=O) groups is 1. The Balaban J connectivity index is 1.79. The van der Waals surface area contributed by atoms with E-state index in [9.17, 15) is 4.79 Å². The molecule has 4 fully saturated rings. The number of ether oxygens (including phenoxy) is 1. The van der Waals surface area contributed by atoms with Gasteiger partial charge in [-0.2, -0.15) is 0 Å². The number of halogens is 1. The van der Waals surface area contributed by atoms with Crippen molar-refractivity contribution in [3.63, 3.8) is 0 Å². The summed E-state index contributed by atoms with van der Waals surface area (Å²) in [6, 6.07) is 6.31. The number of Topliss-reactive ketones (excluding diaryl/α,β-unsaturated/α-hetero) is 1. The molecule has 5 rings (SSSR count). The normalized spacial score (nSPS) is 40.2. The Kier molecular flexibility index (Phi) is 3.83. The fourth-order valence-electron chi connectivity index (χ4n) is 5.76. The molecule has 4 nitrogen and oxygen atoms in total. The number of ketones is 1. The largest absolute Gasteiger partial charge is 0.496 e. The van der Waals surface area contributed by atoms with Crippen LogP contribution in [0.3, 0.4) is 0 Å². The molecule has 2 N–H and O–H groups in total. The lowest BCUT2D eigenvalue weighted by Crippen LogP contribution is -3.41. The van der Waals surface area contributed by atoms with E-state index in [0.29, 0.717) is 11.9 Å². The Labute approximate surface area is 152 Å². The predicted molar refractivity (Wildman–Crippen MR) is 95.3 cm³/mol. The monoisotopic (exact) mass is 394 g/mol. The molecular weight excluding hydrogens is 368 g/mol. The first-order chi connectivity index (χ1) is 11.5. The van der Waals surface area contributed by atoms with Crippen molar-refractivity contribution >= 4 is 21.7 Å². The molecule has 0 aliphatic carbocycles. The zero-order valence-corrected chi connectivity index (χ0v) is 16.3. The first kappa shape index (κ1) is 16.6. The van der Waals surface area contributed by atoms with Crippen LogP contribution in [0, 0.1) is 10.8 Å². The number of hydrogen-bond donors (Lipinski definition) is 2. The molecule has 4 heterocycles. The third-order valence-electron chi connectivity index (χ3n) is 6.90. The molecule has 5 heteroatoms. The summed E-state index contributed by atoms with van der Waals surface area (Å²) in [6.45, 7) is 8.32. The molecule has 0 aromatic heterocycles. The summed E-state index contributed by atoms with van der Waals surface area (Å²) in [4.78, 5) is 16.4. The van der Waals surface area contributed by atoms with Crippen LogP contribution < -0.4 is 14.5 Å². The highest BCUT2D eigenvalue weighted by Crippen LogP contribution is 2.41. The van der Waals surface area contributed by atoms with Gasteiger partial charge in [0.1, 0.15) is 48.3 Å². The van der Waals surface area contributed by atoms with Gasteiger partial charge < -0.3 is 4.74 Å². The summed E-state index contributed by atoms with van der Waals surface area (Å²) in [5.74, 6) is 1.53. The molecule has 4 bridgehead atoms. The van der Waals surface area contributed by atoms with E-state index in [1.807, 2.05) is 6.07 Å². The molecule has 0 amide bonds. The molecule has 0 unspecified atom stereocenters. The van der Waals surface area contributed by atoms with Gasteiger partial charge in [0.05, 0.1) is 7.11 Å². The highest BCUT2D eigenvalue weighted by Gasteiger charge is 2.70. The van der Waals surface area contributed by atoms with Gasteiger partial charge in [-0.05, 0) is 31.0 Å². The maximum absolute atomic E-state index is 13.2. The number of rotatable bonds is 4. The minimum absolute atomic E-state index is 0.104. The van der Waals surface area contributed by atoms with Crippen LogP contribution in [0.1, 0.15) is 38.4 Å². The average Bonchev–Trinajstić information content (AvgIpc) is 2.58. The minimum atomic E-state index is -0.104. The van der Waals surface area contributed by atoms with E-state index in [1.165, 1.54) is 5.56 Å². The summed E-state index contributed by atoms with van der Waals surface area (Å²) < 4.78 is 6.76. The second-order valence-electron chi connectivity index (χ2n) is 7.94. The van der Waals surface area contributed by atoms with Crippen molar-refractivity contribution in [2.45, 2.75) is 32.9 Å². The van der Waals surface area contributed by atoms with E-state index < -0.39 is 0 Å². The fourth-order valence-corrected chi connectivity index (χ4v) is 6.14. The SMILES string of the molecule is CCC12C[NH+]3CC(CC)(C[NH+](C1)C3c1cc(Br)ccc1OC)C2=O. The van der Waals surface area contributed by atoms with Gasteiger partial charge in [-0.15, -0.1) is 0 Å². The van der Waals surface area contributed by atoms with Gasteiger partial charge in [0.2, 0.25) is 6.17 Å². The van der Waals surface area contributed by atoms with Crippen LogP contribution >= 0.6 is 15.9 Å². The Bertz CT molecular complexity index is 648. The molecule has 24 heavy (non-hydrogen) atoms. The number of methoxy groups -OCH3 is 1. The molecular formula is C19H27BrN2O2+2. The molecule has 1 aromatic rings. The van der Waals surface area contributed by atoms with Gasteiger partial charge in [-0.3, -0.25) is 14.6 Å². The summed E-state index contributed by atoms with van der Waals surface area (Å²) in [5.41, 5.74) is 1.07. The number of nitrogens with one attached hydrogen (secondary N) is 2. The predicted octanol–water partition coefficient (Wildman–Crippen LogP) is 0.629. The maximum atomic E-state index is 13.2. The zero-order valence-electron chi connectivity index (χ0n) is 14.7. The smallest absolute Gasteiger partial charge is 0.244 e. The van der Waals surface area contributed by atoms with Crippen molar-refractivity contribution < 1.29 is 19.3 Å². The third-order valence-corrected chi connectivity index (χ3v) is 7.39. The van der Waals surface area contributed by atoms with Crippen molar-refractivity contribution in [3.8, 4) is 5.75 Å². The van der Waals surface area contributed by atoms with E-state index in [1.54, 1.807) is 16.9 Å². The quantitative estimate of drug-likeness (QED) is 0.785. The van der Waals surface area contributed by atoms with Crippen molar-refractivity contribution in [2.24, 2.45) is 10.8 Å². The Hall–Kier alpha value is -0.910. The molecule has 1 aromatic carbocycles. The maximum Gasteiger partial charge on any atom is 0.244 e. The molecule has 4 aliphatic rings. The standard InChI is InChI=1S/C19H25BrN2O2/c1-4-18-9-21-11-19(5-2,17(18)23)12-22(10-18)16(21)14-8-13(20)6-7-15(14)24-3/h6-8,16H,4-5,9-12H2,1-3H3/p+2. The highest BCUT2D eigenvalue weighted by atomic mass is 79.9. The lowest BCUT2D eigenvalue weighted by atomic mass is 9.58. The second kappa shape index (κ2) is 5.55. The van der Waals surface area contributed by atoms with Gasteiger partial charge >= 0.3 is 0 Å². The molecule has 4 saturated heterocycles. The van der Waals surface area contributed by atoms with Gasteiger partial charge in [0, 0.05) is 4.47 Å². The van der Waals surface area contributed by atoms with Crippen LogP contribution in [0.25, 0.3) is 0 Å². The first-order valence-electron chi connectivity index (χ1n) is 9.06. The summed E-state index contributed by atoms with van der Waals surface area (Å²) in [6.07, 6.45) is 2.33. The third kappa shape index (κ3) is 2.07. The van der Waals surface area contributed by atoms with Crippen molar-refractivity contribution in [1.29, 1.82) is 0 Å². The molecule has 0 spiro atoms. The Morgan fingerprint density at radius 1 is 1.12 bits per heavy atom. The van der Waals surface area contributed by atoms with E-state index in [2.05, 4.69) is 41.9 Å². The number of carbonyl (C=O) groups excluding carboxylic acids is 1. The number of hydrogen-bond acceptors (Lipinski definition) is 2. The Morgan fingerprint density at radius 3 is 2.12 bits per heavy atom. The Morgan fingerprint density at radius 2 is 1.67 bits per heavy atom. The van der Waals surface area contributed by atoms with E-state index >= 15 is 0 Å². The molecule has 130 valence electrons. The van der Waals surface area contributed by atoms with Crippen molar-refractivity contribution in [2.75, 3.05) is 33.3 Å². The van der Waals surface area contributed by atoms with Crippen LogP contribution in [-0.4, -0.2) is 39.1 Å². The number of quaternary nitrogens is 2. The minimum Gasteiger partial charge on any atom is -0.496 e. The van der Waals surface area contributed by atoms with Gasteiger partial charge in [0.15, 0.2) is 5.78 Å². The van der Waals surface area contributed by atoms with Gasteiger partial charge in [-0.1, -0.05) is 29.8 Å². The topological polar surface area (TPSA) is 35.2 Å². The number of benzene rings is 1. The van der Waals surface area contributed by atoms with E-state index in [-0.39, 0.29) is 10.8 Å². The van der Waals surface area contributed by atoms with Crippen LogP contribution in [0.15, 0.2) is 22.7 Å². The van der Waals surface area contributed by atoms with Crippen LogP contribution in [-0.2, 0) is 4.79 Å². The lowest BCUT2D eigenvalue weighted by molar-refractivity contribution is -1.18. The zero-order chi connectivity index (χ0) is 17.1. The summed E-state index contributed by atoms with van der Waals surface area (Å²) >= 11 is 3.62. The van der Waals surface area contributed by atoms with Crippen LogP contribution in [0.2, 0.25) is 0 Å². The van der Waals surface area contributed by atoms with E-state index in [4.69, 9.17) is 4.74 Å². The van der Waals surface area contributed by atoms with Gasteiger partial charge in [-0.25, -0.2) is 0 Å². The number of piperidine rings is 2. The summed E-state index contributed by atoms with van der Waals surface area (Å²) in [5, 5.41) is 0. The average molecular weight is 395 g/mol. The lowest BCUT2D eigenvalue weighted by Gasteiger charge is -2.60. The second-order valence-corrected chi connectivity index (χ2v) is 8.86. The van der Waals surface area contributed by atoms with E-state index in [0.717, 1.165) is 49.2 Å². The van der Waals surface area contributed by atoms with Crippen molar-refractivity contribution in [1.82, 2.24) is 0 Å². The summed E-state index contributed by atoms with van der Waals surface area (Å²) in [7, 11) is 1.75. The molecule has 0 saturated carbocycles. The van der Waals surface area contributed by atoms with Crippen molar-refractivity contribution in [3.05, 3.63) is 28.2 Å². The van der Waals surface area contributed by atoms with Gasteiger partial charge in [0.25, 0.3) is 0 Å². The van der Waals surface area contributed by atoms with Crippen LogP contribution in [0.5, 0.6) is 5.75 Å². The van der Waals surface area contributed by atoms with Crippen LogP contribution in [0.4, 0.5) is 0 Å². The highest BCUT2D eigenvalue weighted by molar-refractivity contribution is 9.10. The molecule has 0 atom stereocenters. The fraction of sp³-hybridized carbons (Fsp3) is 0.632. The molecule has 0 radical (unpaired) electrons. The molecule has 4 aliphatic heterocycles. The first-order valence-corrected chi connectivity index (χ1v) is 9.85.